The van der Waals surface area contributed by atoms with E-state index in [1.54, 1.807) is 18.2 Å². The third-order valence-corrected chi connectivity index (χ3v) is 4.39. The number of phenols is 1. The fourth-order valence-corrected chi connectivity index (χ4v) is 3.05. The molecule has 2 N–H and O–H groups in total. The van der Waals surface area contributed by atoms with E-state index in [4.69, 9.17) is 4.74 Å². The normalized spacial score (nSPS) is 16.6. The molecule has 1 aromatic heterocycles. The smallest absolute Gasteiger partial charge is 0.322 e. The minimum Gasteiger partial charge on any atom is -0.508 e. The van der Waals surface area contributed by atoms with E-state index in [0.29, 0.717) is 12.2 Å². The molecule has 2 aromatic rings. The molecule has 1 aliphatic heterocycles. The average Bonchev–Trinajstić information content (AvgIpc) is 3.25. The Bertz CT molecular complexity index is 813. The highest BCUT2D eigenvalue weighted by Gasteiger charge is 2.32. The van der Waals surface area contributed by atoms with Crippen molar-refractivity contribution in [1.29, 1.82) is 0 Å². The summed E-state index contributed by atoms with van der Waals surface area (Å²) in [5.41, 5.74) is 0.206. The molecule has 0 bridgehead atoms. The molecule has 1 fully saturated rings. The number of benzene rings is 1. The summed E-state index contributed by atoms with van der Waals surface area (Å²) in [5, 5.41) is 27.7. The fourth-order valence-electron chi connectivity index (χ4n) is 3.05. The zero-order valence-electron chi connectivity index (χ0n) is 14.3. The van der Waals surface area contributed by atoms with Crippen molar-refractivity contribution in [2.24, 2.45) is 0 Å². The number of nitrogens with zero attached hydrogens (tertiary/aromatic N) is 3. The summed E-state index contributed by atoms with van der Waals surface area (Å²) >= 11 is 0. The van der Waals surface area contributed by atoms with Gasteiger partial charge in [0.2, 0.25) is 5.69 Å². The molecule has 9 nitrogen and oxygen atoms in total. The van der Waals surface area contributed by atoms with Gasteiger partial charge in [-0.2, -0.15) is 5.10 Å². The van der Waals surface area contributed by atoms with E-state index in [0.717, 1.165) is 12.8 Å². The molecule has 9 heteroatoms. The number of phenolic OH excluding ortho intramolecular Hbond substituents is 1. The minimum absolute atomic E-state index is 0.0605. The van der Waals surface area contributed by atoms with Gasteiger partial charge in [-0.3, -0.25) is 20.0 Å². The van der Waals surface area contributed by atoms with E-state index in [2.05, 4.69) is 10.2 Å². The van der Waals surface area contributed by atoms with Crippen LogP contribution in [0, 0.1) is 17.0 Å². The molecule has 1 atom stereocenters. The number of rotatable bonds is 6. The first-order chi connectivity index (χ1) is 12.5. The largest absolute Gasteiger partial charge is 0.508 e. The van der Waals surface area contributed by atoms with Crippen molar-refractivity contribution in [2.75, 3.05) is 13.2 Å². The Morgan fingerprint density at radius 3 is 2.92 bits per heavy atom. The lowest BCUT2D eigenvalue weighted by Crippen LogP contribution is -2.37. The molecule has 138 valence electrons. The molecule has 26 heavy (non-hydrogen) atoms. The van der Waals surface area contributed by atoms with Crippen molar-refractivity contribution in [3.63, 3.8) is 0 Å². The first-order valence-corrected chi connectivity index (χ1v) is 8.34. The van der Waals surface area contributed by atoms with Gasteiger partial charge in [-0.1, -0.05) is 18.2 Å². The van der Waals surface area contributed by atoms with Gasteiger partial charge in [0.1, 0.15) is 11.4 Å². The number of nitro groups is 1. The van der Waals surface area contributed by atoms with E-state index < -0.39 is 10.8 Å². The lowest BCUT2D eigenvalue weighted by Gasteiger charge is -2.25. The monoisotopic (exact) mass is 360 g/mol. The van der Waals surface area contributed by atoms with Gasteiger partial charge in [0.15, 0.2) is 0 Å². The Morgan fingerprint density at radius 1 is 1.50 bits per heavy atom. The molecular weight excluding hydrogens is 340 g/mol. The predicted molar refractivity (Wildman–Crippen MR) is 91.8 cm³/mol. The van der Waals surface area contributed by atoms with E-state index >= 15 is 0 Å². The van der Waals surface area contributed by atoms with Gasteiger partial charge in [0.05, 0.1) is 11.0 Å². The lowest BCUT2D eigenvalue weighted by molar-refractivity contribution is -0.385. The second-order valence-electron chi connectivity index (χ2n) is 6.25. The van der Waals surface area contributed by atoms with Crippen LogP contribution in [0.3, 0.4) is 0 Å². The number of amides is 1. The highest BCUT2D eigenvalue weighted by atomic mass is 16.6. The number of aromatic amines is 1. The molecule has 0 radical (unpaired) electrons. The van der Waals surface area contributed by atoms with Crippen LogP contribution in [0.25, 0.3) is 0 Å². The summed E-state index contributed by atoms with van der Waals surface area (Å²) in [4.78, 5) is 25.1. The third kappa shape index (κ3) is 3.67. The highest BCUT2D eigenvalue weighted by Crippen LogP contribution is 2.25. The Morgan fingerprint density at radius 2 is 2.27 bits per heavy atom. The molecule has 0 spiro atoms. The van der Waals surface area contributed by atoms with E-state index in [1.165, 1.54) is 17.9 Å². The van der Waals surface area contributed by atoms with Crippen LogP contribution in [-0.4, -0.2) is 50.3 Å². The molecule has 1 unspecified atom stereocenters. The summed E-state index contributed by atoms with van der Waals surface area (Å²) in [7, 11) is 0. The zero-order valence-corrected chi connectivity index (χ0v) is 14.3. The highest BCUT2D eigenvalue weighted by molar-refractivity contribution is 5.96. The number of aryl methyl sites for hydroxylation is 1. The maximum Gasteiger partial charge on any atom is 0.322 e. The van der Waals surface area contributed by atoms with Crippen molar-refractivity contribution in [1.82, 2.24) is 15.1 Å². The van der Waals surface area contributed by atoms with Gasteiger partial charge < -0.3 is 14.7 Å². The average molecular weight is 360 g/mol. The maximum absolute atomic E-state index is 13.0. The van der Waals surface area contributed by atoms with Crippen molar-refractivity contribution in [3.05, 3.63) is 51.3 Å². The standard InChI is InChI=1S/C17H20N4O5/c1-11-16(21(24)25)15(19-18-11)17(23)20(10-13-6-4-8-26-13)9-12-5-2-3-7-14(12)22/h2-3,5,7,13,22H,4,6,8-10H2,1H3,(H,18,19). The van der Waals surface area contributed by atoms with Crippen LogP contribution >= 0.6 is 0 Å². The van der Waals surface area contributed by atoms with Crippen LogP contribution in [0.5, 0.6) is 5.75 Å². The number of nitrogens with one attached hydrogen (secondary N) is 1. The molecule has 3 rings (SSSR count). The summed E-state index contributed by atoms with van der Waals surface area (Å²) in [6.07, 6.45) is 1.58. The quantitative estimate of drug-likeness (QED) is 0.601. The van der Waals surface area contributed by atoms with E-state index in [9.17, 15) is 20.0 Å². The molecule has 1 saturated heterocycles. The van der Waals surface area contributed by atoms with Crippen molar-refractivity contribution >= 4 is 11.6 Å². The molecule has 2 heterocycles. The lowest BCUT2D eigenvalue weighted by atomic mass is 10.1. The first kappa shape index (κ1) is 17.9. The van der Waals surface area contributed by atoms with Crippen LogP contribution in [0.4, 0.5) is 5.69 Å². The van der Waals surface area contributed by atoms with E-state index in [-0.39, 0.29) is 42.0 Å². The van der Waals surface area contributed by atoms with Crippen LogP contribution < -0.4 is 0 Å². The number of para-hydroxylation sites is 1. The van der Waals surface area contributed by atoms with E-state index in [1.807, 2.05) is 0 Å². The van der Waals surface area contributed by atoms with Crippen LogP contribution in [0.2, 0.25) is 0 Å². The van der Waals surface area contributed by atoms with Crippen molar-refractivity contribution in [2.45, 2.75) is 32.4 Å². The van der Waals surface area contributed by atoms with Crippen LogP contribution in [0.15, 0.2) is 24.3 Å². The number of carbonyl (C=O) groups is 1. The number of H-pyrrole nitrogens is 1. The molecule has 1 aliphatic rings. The number of ether oxygens (including phenoxy) is 1. The second-order valence-corrected chi connectivity index (χ2v) is 6.25. The Balaban J connectivity index is 1.90. The first-order valence-electron chi connectivity index (χ1n) is 8.34. The number of aromatic hydroxyl groups is 1. The Kier molecular flexibility index (Phi) is 5.17. The fraction of sp³-hybridized carbons (Fsp3) is 0.412. The van der Waals surface area contributed by atoms with Gasteiger partial charge in [-0.15, -0.1) is 0 Å². The number of carbonyl (C=O) groups excluding carboxylic acids is 1. The SMILES string of the molecule is Cc1[nH]nc(C(=O)N(Cc2ccccc2O)CC2CCCO2)c1[N+](=O)[O-]. The molecular formula is C17H20N4O5. The van der Waals surface area contributed by atoms with Crippen molar-refractivity contribution < 1.29 is 19.6 Å². The maximum atomic E-state index is 13.0. The number of aromatic nitrogens is 2. The molecule has 1 aromatic carbocycles. The minimum atomic E-state index is -0.615. The van der Waals surface area contributed by atoms with Gasteiger partial charge in [-0.05, 0) is 25.8 Å². The zero-order chi connectivity index (χ0) is 18.7. The van der Waals surface area contributed by atoms with Gasteiger partial charge in [0, 0.05) is 25.3 Å². The van der Waals surface area contributed by atoms with Crippen LogP contribution in [0.1, 0.15) is 34.6 Å². The summed E-state index contributed by atoms with van der Waals surface area (Å²) in [6.45, 7) is 2.50. The molecule has 0 aliphatic carbocycles. The van der Waals surface area contributed by atoms with Gasteiger partial charge in [0.25, 0.3) is 5.91 Å². The van der Waals surface area contributed by atoms with Crippen LogP contribution in [-0.2, 0) is 11.3 Å². The molecule has 0 saturated carbocycles. The summed E-state index contributed by atoms with van der Waals surface area (Å²) in [6, 6.07) is 6.68. The Labute approximate surface area is 149 Å². The molecule has 1 amide bonds. The number of hydrogen-bond acceptors (Lipinski definition) is 6. The summed E-state index contributed by atoms with van der Waals surface area (Å²) in [5.74, 6) is -0.509. The second kappa shape index (κ2) is 7.52. The number of hydrogen-bond donors (Lipinski definition) is 2. The van der Waals surface area contributed by atoms with Crippen molar-refractivity contribution in [3.8, 4) is 5.75 Å². The summed E-state index contributed by atoms with van der Waals surface area (Å²) < 4.78 is 5.60. The van der Waals surface area contributed by atoms with Gasteiger partial charge in [-0.25, -0.2) is 0 Å². The Hall–Kier alpha value is -2.94. The predicted octanol–water partition coefficient (Wildman–Crippen LogP) is 2.15. The third-order valence-electron chi connectivity index (χ3n) is 4.39. The van der Waals surface area contributed by atoms with Gasteiger partial charge >= 0.3 is 5.69 Å². The topological polar surface area (TPSA) is 122 Å².